The lowest BCUT2D eigenvalue weighted by Crippen LogP contribution is -2.32. The van der Waals surface area contributed by atoms with Crippen LogP contribution < -0.4 is 10.1 Å². The van der Waals surface area contributed by atoms with Crippen molar-refractivity contribution in [1.82, 2.24) is 10.3 Å². The number of fused-ring (bicyclic) bond motifs is 1. The molecule has 0 spiro atoms. The molecule has 1 aromatic carbocycles. The first-order valence-electron chi connectivity index (χ1n) is 6.84. The normalized spacial score (nSPS) is 16.7. The number of pyridine rings is 1. The van der Waals surface area contributed by atoms with Crippen molar-refractivity contribution in [2.45, 2.75) is 18.9 Å². The third kappa shape index (κ3) is 3.16. The molecule has 108 valence electrons. The lowest BCUT2D eigenvalue weighted by Gasteiger charge is -2.24. The van der Waals surface area contributed by atoms with E-state index in [1.807, 2.05) is 36.4 Å². The highest BCUT2D eigenvalue weighted by molar-refractivity contribution is 6.30. The van der Waals surface area contributed by atoms with E-state index in [1.165, 1.54) is 0 Å². The molecule has 5 heteroatoms. The fourth-order valence-electron chi connectivity index (χ4n) is 2.40. The Kier molecular flexibility index (Phi) is 4.06. The van der Waals surface area contributed by atoms with Crippen molar-refractivity contribution in [1.29, 1.82) is 0 Å². The molecule has 1 amide bonds. The van der Waals surface area contributed by atoms with Gasteiger partial charge in [0.25, 0.3) is 0 Å². The summed E-state index contributed by atoms with van der Waals surface area (Å²) in [6.45, 7) is 1.01. The number of halogens is 1. The molecule has 4 nitrogen and oxygen atoms in total. The quantitative estimate of drug-likeness (QED) is 0.948. The van der Waals surface area contributed by atoms with Crippen LogP contribution in [0.25, 0.3) is 0 Å². The number of aromatic nitrogens is 1. The fourth-order valence-corrected chi connectivity index (χ4v) is 2.53. The molecule has 3 rings (SSSR count). The molecular weight excluding hydrogens is 288 g/mol. The summed E-state index contributed by atoms with van der Waals surface area (Å²) in [4.78, 5) is 16.5. The van der Waals surface area contributed by atoms with Gasteiger partial charge in [-0.2, -0.15) is 0 Å². The van der Waals surface area contributed by atoms with Gasteiger partial charge in [-0.3, -0.25) is 4.79 Å². The third-order valence-electron chi connectivity index (χ3n) is 3.52. The van der Waals surface area contributed by atoms with Crippen molar-refractivity contribution < 1.29 is 9.53 Å². The summed E-state index contributed by atoms with van der Waals surface area (Å²) in [5, 5.41) is 3.65. The first-order valence-corrected chi connectivity index (χ1v) is 7.22. The molecule has 0 saturated carbocycles. The molecule has 1 aliphatic rings. The Balaban J connectivity index is 1.68. The van der Waals surface area contributed by atoms with Gasteiger partial charge in [-0.25, -0.2) is 4.98 Å². The summed E-state index contributed by atoms with van der Waals surface area (Å²) in [5.74, 6) is 0.368. The zero-order chi connectivity index (χ0) is 14.7. The Hall–Kier alpha value is -2.07. The predicted molar refractivity (Wildman–Crippen MR) is 80.4 cm³/mol. The molecule has 21 heavy (non-hydrogen) atoms. The Morgan fingerprint density at radius 1 is 1.33 bits per heavy atom. The lowest BCUT2D eigenvalue weighted by atomic mass is 9.94. The Bertz CT molecular complexity index is 643. The smallest absolute Gasteiger partial charge is 0.228 e. The van der Waals surface area contributed by atoms with Gasteiger partial charge < -0.3 is 10.1 Å². The number of ether oxygens (including phenoxy) is 1. The number of carbonyl (C=O) groups is 1. The highest BCUT2D eigenvalue weighted by Crippen LogP contribution is 2.31. The molecule has 0 saturated heterocycles. The van der Waals surface area contributed by atoms with E-state index in [-0.39, 0.29) is 11.8 Å². The molecule has 2 heterocycles. The van der Waals surface area contributed by atoms with Gasteiger partial charge in [0, 0.05) is 23.3 Å². The van der Waals surface area contributed by atoms with Gasteiger partial charge in [-0.15, -0.1) is 0 Å². The lowest BCUT2D eigenvalue weighted by molar-refractivity contribution is -0.123. The van der Waals surface area contributed by atoms with Gasteiger partial charge in [0.2, 0.25) is 11.8 Å². The van der Waals surface area contributed by atoms with Gasteiger partial charge in [0.05, 0.1) is 12.5 Å². The van der Waals surface area contributed by atoms with Crippen molar-refractivity contribution >= 4 is 17.5 Å². The fraction of sp³-hybridized carbons (Fsp3) is 0.250. The van der Waals surface area contributed by atoms with E-state index in [0.29, 0.717) is 30.5 Å². The zero-order valence-corrected chi connectivity index (χ0v) is 12.1. The number of nitrogens with zero attached hydrogens (tertiary/aromatic N) is 1. The largest absolute Gasteiger partial charge is 0.477 e. The van der Waals surface area contributed by atoms with Crippen LogP contribution in [0.5, 0.6) is 5.88 Å². The molecule has 2 aromatic rings. The van der Waals surface area contributed by atoms with Crippen LogP contribution in [0.3, 0.4) is 0 Å². The molecule has 0 aliphatic carbocycles. The summed E-state index contributed by atoms with van der Waals surface area (Å²) in [6.07, 6.45) is 2.35. The molecular formula is C16H15ClN2O2. The van der Waals surface area contributed by atoms with Crippen LogP contribution in [0.4, 0.5) is 0 Å². The average Bonchev–Trinajstić information content (AvgIpc) is 2.53. The van der Waals surface area contributed by atoms with Crippen LogP contribution in [0.15, 0.2) is 42.6 Å². The van der Waals surface area contributed by atoms with Gasteiger partial charge in [-0.05, 0) is 30.2 Å². The zero-order valence-electron chi connectivity index (χ0n) is 11.4. The number of amides is 1. The van der Waals surface area contributed by atoms with Crippen LogP contribution in [0.2, 0.25) is 5.02 Å². The topological polar surface area (TPSA) is 51.2 Å². The summed E-state index contributed by atoms with van der Waals surface area (Å²) in [7, 11) is 0. The molecule has 0 radical (unpaired) electrons. The second-order valence-corrected chi connectivity index (χ2v) is 5.37. The molecule has 0 bridgehead atoms. The van der Waals surface area contributed by atoms with Crippen molar-refractivity contribution in [3.05, 3.63) is 58.7 Å². The molecule has 1 aliphatic heterocycles. The molecule has 1 aromatic heterocycles. The van der Waals surface area contributed by atoms with E-state index in [1.54, 1.807) is 6.20 Å². The highest BCUT2D eigenvalue weighted by atomic mass is 35.5. The van der Waals surface area contributed by atoms with Crippen molar-refractivity contribution in [2.75, 3.05) is 6.61 Å². The van der Waals surface area contributed by atoms with E-state index in [4.69, 9.17) is 16.3 Å². The van der Waals surface area contributed by atoms with Crippen LogP contribution in [-0.4, -0.2) is 17.5 Å². The minimum absolute atomic E-state index is 0.00231. The highest BCUT2D eigenvalue weighted by Gasteiger charge is 2.28. The number of hydrogen-bond acceptors (Lipinski definition) is 3. The first kappa shape index (κ1) is 13.9. The first-order chi connectivity index (χ1) is 10.2. The van der Waals surface area contributed by atoms with Crippen molar-refractivity contribution in [3.63, 3.8) is 0 Å². The monoisotopic (exact) mass is 302 g/mol. The van der Waals surface area contributed by atoms with E-state index >= 15 is 0 Å². The minimum Gasteiger partial charge on any atom is -0.477 e. The number of benzene rings is 1. The summed E-state index contributed by atoms with van der Waals surface area (Å²) < 4.78 is 5.47. The van der Waals surface area contributed by atoms with Gasteiger partial charge >= 0.3 is 0 Å². The van der Waals surface area contributed by atoms with Crippen LogP contribution in [-0.2, 0) is 11.3 Å². The maximum absolute atomic E-state index is 12.4. The number of nitrogens with one attached hydrogen (secondary N) is 1. The van der Waals surface area contributed by atoms with E-state index in [2.05, 4.69) is 10.3 Å². The number of rotatable bonds is 3. The van der Waals surface area contributed by atoms with Gasteiger partial charge in [0.15, 0.2) is 0 Å². The number of hydrogen-bond donors (Lipinski definition) is 1. The maximum Gasteiger partial charge on any atom is 0.228 e. The number of carbonyl (C=O) groups excluding carboxylic acids is 1. The van der Waals surface area contributed by atoms with Crippen LogP contribution >= 0.6 is 11.6 Å². The summed E-state index contributed by atoms with van der Waals surface area (Å²) >= 11 is 5.84. The molecule has 0 fully saturated rings. The second-order valence-electron chi connectivity index (χ2n) is 4.93. The average molecular weight is 303 g/mol. The minimum atomic E-state index is -0.199. The Morgan fingerprint density at radius 2 is 2.14 bits per heavy atom. The van der Waals surface area contributed by atoms with Crippen molar-refractivity contribution in [3.8, 4) is 5.88 Å². The predicted octanol–water partition coefficient (Wildman–Crippen LogP) is 2.92. The van der Waals surface area contributed by atoms with Gasteiger partial charge in [-0.1, -0.05) is 29.8 Å². The van der Waals surface area contributed by atoms with E-state index in [0.717, 1.165) is 11.1 Å². The second kappa shape index (κ2) is 6.14. The standard InChI is InChI=1S/C16H15ClN2O2/c17-12-5-3-11(4-6-12)10-19-15(20)13-7-9-21-16-14(13)2-1-8-18-16/h1-6,8,13H,7,9-10H2,(H,19,20). The molecule has 1 atom stereocenters. The van der Waals surface area contributed by atoms with E-state index in [9.17, 15) is 4.79 Å². The van der Waals surface area contributed by atoms with Gasteiger partial charge in [0.1, 0.15) is 0 Å². The molecule has 1 unspecified atom stereocenters. The third-order valence-corrected chi connectivity index (χ3v) is 3.77. The summed E-state index contributed by atoms with van der Waals surface area (Å²) in [5.41, 5.74) is 1.88. The Labute approximate surface area is 128 Å². The van der Waals surface area contributed by atoms with Crippen LogP contribution in [0, 0.1) is 0 Å². The van der Waals surface area contributed by atoms with E-state index < -0.39 is 0 Å². The summed E-state index contributed by atoms with van der Waals surface area (Å²) in [6, 6.07) is 11.2. The van der Waals surface area contributed by atoms with Crippen molar-refractivity contribution in [2.24, 2.45) is 0 Å². The molecule has 1 N–H and O–H groups in total. The van der Waals surface area contributed by atoms with Crippen LogP contribution in [0.1, 0.15) is 23.5 Å². The maximum atomic E-state index is 12.4. The SMILES string of the molecule is O=C(NCc1ccc(Cl)cc1)C1CCOc2ncccc21. The Morgan fingerprint density at radius 3 is 2.95 bits per heavy atom.